The molecule has 2 aromatic carbocycles. The Morgan fingerprint density at radius 1 is 1.00 bits per heavy atom. The number of methoxy groups -OCH3 is 1. The van der Waals surface area contributed by atoms with Crippen molar-refractivity contribution >= 4 is 40.3 Å². The van der Waals surface area contributed by atoms with Crippen molar-refractivity contribution in [3.05, 3.63) is 77.0 Å². The molecule has 0 saturated carbocycles. The van der Waals surface area contributed by atoms with E-state index in [-0.39, 0.29) is 5.91 Å². The summed E-state index contributed by atoms with van der Waals surface area (Å²) in [4.78, 5) is 22.8. The van der Waals surface area contributed by atoms with Gasteiger partial charge in [0.25, 0.3) is 5.91 Å². The van der Waals surface area contributed by atoms with Gasteiger partial charge in [0.05, 0.1) is 30.9 Å². The summed E-state index contributed by atoms with van der Waals surface area (Å²) in [6.45, 7) is 7.90. The van der Waals surface area contributed by atoms with E-state index in [4.69, 9.17) is 14.5 Å². The van der Waals surface area contributed by atoms with Crippen LogP contribution in [-0.4, -0.2) is 60.5 Å². The van der Waals surface area contributed by atoms with Crippen LogP contribution in [0.5, 0.6) is 5.75 Å². The van der Waals surface area contributed by atoms with E-state index in [1.807, 2.05) is 55.5 Å². The van der Waals surface area contributed by atoms with Crippen molar-refractivity contribution in [1.29, 1.82) is 0 Å². The van der Waals surface area contributed by atoms with Gasteiger partial charge >= 0.3 is 0 Å². The molecular weight excluding hydrogens is 472 g/mol. The Hall–Kier alpha value is -3.49. The van der Waals surface area contributed by atoms with Crippen molar-refractivity contribution in [3.63, 3.8) is 0 Å². The Balaban J connectivity index is 1.40. The molecular formula is C28H30N4O3S. The molecule has 1 amide bonds. The number of thioether (sulfide) groups is 1. The molecule has 0 atom stereocenters. The van der Waals surface area contributed by atoms with E-state index in [0.29, 0.717) is 16.6 Å². The van der Waals surface area contributed by atoms with Crippen molar-refractivity contribution < 1.29 is 14.3 Å². The Morgan fingerprint density at radius 3 is 2.36 bits per heavy atom. The number of benzene rings is 2. The highest BCUT2D eigenvalue weighted by Gasteiger charge is 2.32. The fourth-order valence-corrected chi connectivity index (χ4v) is 5.48. The van der Waals surface area contributed by atoms with Crippen LogP contribution in [0.1, 0.15) is 18.3 Å². The zero-order valence-electron chi connectivity index (χ0n) is 20.8. The second kappa shape index (κ2) is 10.6. The molecule has 0 radical (unpaired) electrons. The first-order chi connectivity index (χ1) is 17.6. The Kier molecular flexibility index (Phi) is 7.16. The number of aromatic nitrogens is 1. The highest BCUT2D eigenvalue weighted by Crippen LogP contribution is 2.35. The van der Waals surface area contributed by atoms with Crippen LogP contribution in [0.25, 0.3) is 11.8 Å². The third-order valence-corrected chi connectivity index (χ3v) is 7.38. The number of carbonyl (C=O) groups is 1. The number of hydrogen-bond donors (Lipinski definition) is 0. The molecule has 2 aliphatic heterocycles. The number of anilines is 1. The first kappa shape index (κ1) is 24.2. The molecule has 5 rings (SSSR count). The van der Waals surface area contributed by atoms with Gasteiger partial charge in [0.2, 0.25) is 0 Å². The Morgan fingerprint density at radius 2 is 1.69 bits per heavy atom. The number of amides is 1. The summed E-state index contributed by atoms with van der Waals surface area (Å²) in [7, 11) is 1.66. The molecule has 0 N–H and O–H groups in total. The number of amidine groups is 1. The lowest BCUT2D eigenvalue weighted by atomic mass is 10.2. The molecule has 8 heteroatoms. The number of likely N-dealkylation sites (N-methyl/N-ethyl adjacent to an activating group) is 1. The summed E-state index contributed by atoms with van der Waals surface area (Å²) < 4.78 is 12.9. The largest absolute Gasteiger partial charge is 0.497 e. The number of carbonyl (C=O) groups excluding carboxylic acids is 1. The van der Waals surface area contributed by atoms with E-state index in [1.54, 1.807) is 12.0 Å². The number of nitrogens with zero attached hydrogens (tertiary/aromatic N) is 4. The quantitative estimate of drug-likeness (QED) is 0.431. The second-order valence-corrected chi connectivity index (χ2v) is 9.61. The summed E-state index contributed by atoms with van der Waals surface area (Å²) in [5.41, 5.74) is 5.05. The summed E-state index contributed by atoms with van der Waals surface area (Å²) in [6, 6.07) is 20.2. The van der Waals surface area contributed by atoms with Gasteiger partial charge in [0.15, 0.2) is 5.17 Å². The molecule has 3 aromatic rings. The van der Waals surface area contributed by atoms with Crippen molar-refractivity contribution in [2.75, 3.05) is 44.9 Å². The lowest BCUT2D eigenvalue weighted by Crippen LogP contribution is -2.36. The molecule has 186 valence electrons. The summed E-state index contributed by atoms with van der Waals surface area (Å²) in [6.07, 6.45) is 1.96. The van der Waals surface area contributed by atoms with E-state index < -0.39 is 0 Å². The highest BCUT2D eigenvalue weighted by molar-refractivity contribution is 8.18. The van der Waals surface area contributed by atoms with E-state index >= 15 is 0 Å². The highest BCUT2D eigenvalue weighted by atomic mass is 32.2. The van der Waals surface area contributed by atoms with Gasteiger partial charge in [-0.2, -0.15) is 0 Å². The van der Waals surface area contributed by atoms with E-state index in [2.05, 4.69) is 34.6 Å². The lowest BCUT2D eigenvalue weighted by molar-refractivity contribution is -0.122. The fourth-order valence-electron chi connectivity index (χ4n) is 4.43. The number of aliphatic imine (C=N–C) groups is 1. The number of morpholine rings is 1. The number of aryl methyl sites for hydroxylation is 1. The van der Waals surface area contributed by atoms with E-state index in [0.717, 1.165) is 54.8 Å². The second-order valence-electron chi connectivity index (χ2n) is 8.60. The van der Waals surface area contributed by atoms with Crippen LogP contribution in [0.2, 0.25) is 0 Å². The number of hydrogen-bond acceptors (Lipinski definition) is 6. The molecule has 0 bridgehead atoms. The molecule has 1 aromatic heterocycles. The third kappa shape index (κ3) is 4.92. The van der Waals surface area contributed by atoms with Crippen LogP contribution in [0.15, 0.2) is 70.6 Å². The maximum atomic E-state index is 13.3. The van der Waals surface area contributed by atoms with Crippen LogP contribution in [0.3, 0.4) is 0 Å². The molecule has 2 aliphatic rings. The van der Waals surface area contributed by atoms with Gasteiger partial charge in [0, 0.05) is 42.4 Å². The molecule has 2 saturated heterocycles. The van der Waals surface area contributed by atoms with Crippen LogP contribution < -0.4 is 9.64 Å². The van der Waals surface area contributed by atoms with Gasteiger partial charge in [-0.3, -0.25) is 9.69 Å². The number of ether oxygens (including phenoxy) is 2. The molecule has 0 spiro atoms. The predicted octanol–water partition coefficient (Wildman–Crippen LogP) is 5.25. The standard InChI is InChI=1S/C28H30N4O3S/c1-4-31-27(33)26(19-24-8-5-20(2)32(24)23-11-13-25(34-3)14-12-23)36-28(31)29-21-6-9-22(10-7-21)30-15-17-35-18-16-30/h5-14,19H,4,15-18H2,1-3H3/b26-19-,29-28?. The molecule has 2 fully saturated rings. The van der Waals surface area contributed by atoms with Crippen molar-refractivity contribution in [1.82, 2.24) is 9.47 Å². The molecule has 0 unspecified atom stereocenters. The van der Waals surface area contributed by atoms with Crippen molar-refractivity contribution in [2.24, 2.45) is 4.99 Å². The first-order valence-corrected chi connectivity index (χ1v) is 12.9. The molecule has 0 aliphatic carbocycles. The van der Waals surface area contributed by atoms with Gasteiger partial charge in [-0.1, -0.05) is 0 Å². The summed E-state index contributed by atoms with van der Waals surface area (Å²) >= 11 is 1.42. The average molecular weight is 503 g/mol. The summed E-state index contributed by atoms with van der Waals surface area (Å²) in [5, 5.41) is 0.701. The third-order valence-electron chi connectivity index (χ3n) is 6.37. The fraction of sp³-hybridized carbons (Fsp3) is 0.286. The number of rotatable bonds is 6. The van der Waals surface area contributed by atoms with Gasteiger partial charge in [0.1, 0.15) is 5.75 Å². The van der Waals surface area contributed by atoms with Gasteiger partial charge in [-0.05, 0) is 92.3 Å². The molecule has 3 heterocycles. The smallest absolute Gasteiger partial charge is 0.266 e. The van der Waals surface area contributed by atoms with E-state index in [1.165, 1.54) is 17.4 Å². The van der Waals surface area contributed by atoms with Crippen molar-refractivity contribution in [2.45, 2.75) is 13.8 Å². The predicted molar refractivity (Wildman–Crippen MR) is 147 cm³/mol. The molecule has 36 heavy (non-hydrogen) atoms. The summed E-state index contributed by atoms with van der Waals surface area (Å²) in [5.74, 6) is 0.786. The monoisotopic (exact) mass is 502 g/mol. The minimum Gasteiger partial charge on any atom is -0.497 e. The SMILES string of the molecule is CCN1C(=O)/C(=C/c2ccc(C)n2-c2ccc(OC)cc2)SC1=Nc1ccc(N2CCOCC2)cc1. The van der Waals surface area contributed by atoms with Gasteiger partial charge in [-0.25, -0.2) is 4.99 Å². The Bertz CT molecular complexity index is 1290. The zero-order chi connectivity index (χ0) is 25.1. The minimum absolute atomic E-state index is 0.0219. The van der Waals surface area contributed by atoms with Crippen molar-refractivity contribution in [3.8, 4) is 11.4 Å². The first-order valence-electron chi connectivity index (χ1n) is 12.1. The van der Waals surface area contributed by atoms with Gasteiger partial charge < -0.3 is 18.9 Å². The van der Waals surface area contributed by atoms with Gasteiger partial charge in [-0.15, -0.1) is 0 Å². The van der Waals surface area contributed by atoms with E-state index in [9.17, 15) is 4.79 Å². The maximum Gasteiger partial charge on any atom is 0.266 e. The molecule has 7 nitrogen and oxygen atoms in total. The zero-order valence-corrected chi connectivity index (χ0v) is 21.6. The van der Waals surface area contributed by atoms with Crippen LogP contribution in [-0.2, 0) is 9.53 Å². The normalized spacial score (nSPS) is 18.5. The maximum absolute atomic E-state index is 13.3. The van der Waals surface area contributed by atoms with Crippen LogP contribution in [0.4, 0.5) is 11.4 Å². The van der Waals surface area contributed by atoms with Crippen LogP contribution >= 0.6 is 11.8 Å². The Labute approximate surface area is 216 Å². The minimum atomic E-state index is -0.0219. The average Bonchev–Trinajstić information content (AvgIpc) is 3.43. The van der Waals surface area contributed by atoms with Crippen LogP contribution in [0, 0.1) is 6.92 Å². The topological polar surface area (TPSA) is 59.3 Å². The lowest BCUT2D eigenvalue weighted by Gasteiger charge is -2.28.